The number of nitrogens with one attached hydrogen (secondary N) is 1. The number of hydrogen-bond donors (Lipinski definition) is 1. The number of ether oxygens (including phenoxy) is 1. The number of aryl methyl sites for hydroxylation is 1. The molecule has 1 saturated heterocycles. The number of amides is 2. The molecular weight excluding hydrogens is 312 g/mol. The minimum atomic E-state index is -0.0500. The number of aromatic nitrogens is 1. The first-order chi connectivity index (χ1) is 11.0. The molecule has 0 aliphatic carbocycles. The van der Waals surface area contributed by atoms with Crippen molar-refractivity contribution in [3.63, 3.8) is 0 Å². The molecule has 2 atom stereocenters. The third-order valence-electron chi connectivity index (χ3n) is 4.20. The van der Waals surface area contributed by atoms with Gasteiger partial charge in [-0.05, 0) is 20.3 Å². The van der Waals surface area contributed by atoms with Gasteiger partial charge in [0.25, 0.3) is 0 Å². The lowest BCUT2D eigenvalue weighted by Gasteiger charge is -2.38. The van der Waals surface area contributed by atoms with E-state index in [1.165, 1.54) is 4.88 Å². The van der Waals surface area contributed by atoms with E-state index in [4.69, 9.17) is 4.74 Å². The predicted molar refractivity (Wildman–Crippen MR) is 92.8 cm³/mol. The van der Waals surface area contributed by atoms with E-state index in [1.807, 2.05) is 13.2 Å². The van der Waals surface area contributed by atoms with Gasteiger partial charge in [0.2, 0.25) is 0 Å². The van der Waals surface area contributed by atoms with Crippen LogP contribution in [0.3, 0.4) is 0 Å². The fourth-order valence-electron chi connectivity index (χ4n) is 2.74. The molecule has 2 heterocycles. The molecule has 23 heavy (non-hydrogen) atoms. The Kier molecular flexibility index (Phi) is 6.80. The first-order valence-corrected chi connectivity index (χ1v) is 9.09. The van der Waals surface area contributed by atoms with Crippen LogP contribution in [0.2, 0.25) is 0 Å². The molecule has 0 spiro atoms. The van der Waals surface area contributed by atoms with Gasteiger partial charge < -0.3 is 15.0 Å². The van der Waals surface area contributed by atoms with Gasteiger partial charge in [-0.2, -0.15) is 0 Å². The summed E-state index contributed by atoms with van der Waals surface area (Å²) in [6, 6.07) is 0.653. The van der Waals surface area contributed by atoms with Crippen molar-refractivity contribution < 1.29 is 9.53 Å². The summed E-state index contributed by atoms with van der Waals surface area (Å²) in [5, 5.41) is 4.00. The minimum Gasteiger partial charge on any atom is -0.379 e. The normalized spacial score (nSPS) is 20.3. The quantitative estimate of drug-likeness (QED) is 0.860. The molecule has 2 amide bonds. The Hall–Kier alpha value is -1.18. The molecule has 1 aliphatic rings. The Morgan fingerprint density at radius 3 is 3.09 bits per heavy atom. The standard InChI is InChI=1S/C16H28N4O2S/c1-5-14-9-17-15(23-14)10-19(4)16(21)18-8-12(2)20-6-7-22-11-13(20)3/h9,12-13H,5-8,10-11H2,1-4H3,(H,18,21)/t12-,13-/m1/s1. The monoisotopic (exact) mass is 340 g/mol. The molecule has 0 saturated carbocycles. The van der Waals surface area contributed by atoms with E-state index in [0.29, 0.717) is 25.2 Å². The lowest BCUT2D eigenvalue weighted by Crippen LogP contribution is -2.52. The van der Waals surface area contributed by atoms with E-state index in [9.17, 15) is 4.79 Å². The van der Waals surface area contributed by atoms with Crippen LogP contribution in [-0.2, 0) is 17.7 Å². The van der Waals surface area contributed by atoms with Gasteiger partial charge >= 0.3 is 6.03 Å². The Balaban J connectivity index is 1.76. The van der Waals surface area contributed by atoms with Gasteiger partial charge in [0.15, 0.2) is 0 Å². The van der Waals surface area contributed by atoms with Crippen molar-refractivity contribution >= 4 is 17.4 Å². The molecule has 0 unspecified atom stereocenters. The van der Waals surface area contributed by atoms with Crippen molar-refractivity contribution in [2.24, 2.45) is 0 Å². The number of carbonyl (C=O) groups is 1. The van der Waals surface area contributed by atoms with E-state index in [0.717, 1.165) is 31.2 Å². The molecule has 1 aromatic heterocycles. The topological polar surface area (TPSA) is 57.7 Å². The number of nitrogens with zero attached hydrogens (tertiary/aromatic N) is 3. The predicted octanol–water partition coefficient (Wildman–Crippen LogP) is 1.96. The van der Waals surface area contributed by atoms with E-state index in [-0.39, 0.29) is 6.03 Å². The van der Waals surface area contributed by atoms with Crippen molar-refractivity contribution in [2.75, 3.05) is 33.4 Å². The molecule has 1 aromatic rings. The van der Waals surface area contributed by atoms with Gasteiger partial charge in [-0.1, -0.05) is 6.92 Å². The number of carbonyl (C=O) groups excluding carboxylic acids is 1. The number of thiazole rings is 1. The lowest BCUT2D eigenvalue weighted by atomic mass is 10.2. The molecular formula is C16H28N4O2S. The van der Waals surface area contributed by atoms with Gasteiger partial charge in [0.1, 0.15) is 5.01 Å². The highest BCUT2D eigenvalue weighted by Gasteiger charge is 2.24. The summed E-state index contributed by atoms with van der Waals surface area (Å²) in [4.78, 5) is 21.9. The largest absolute Gasteiger partial charge is 0.379 e. The van der Waals surface area contributed by atoms with Crippen LogP contribution in [0.15, 0.2) is 6.20 Å². The van der Waals surface area contributed by atoms with Crippen LogP contribution < -0.4 is 5.32 Å². The zero-order chi connectivity index (χ0) is 16.8. The van der Waals surface area contributed by atoms with Crippen LogP contribution in [0.4, 0.5) is 4.79 Å². The van der Waals surface area contributed by atoms with Gasteiger partial charge in [-0.3, -0.25) is 4.90 Å². The fourth-order valence-corrected chi connectivity index (χ4v) is 3.66. The lowest BCUT2D eigenvalue weighted by molar-refractivity contribution is -0.0177. The van der Waals surface area contributed by atoms with Gasteiger partial charge in [-0.25, -0.2) is 9.78 Å². The number of urea groups is 1. The van der Waals surface area contributed by atoms with Crippen molar-refractivity contribution in [1.29, 1.82) is 0 Å². The summed E-state index contributed by atoms with van der Waals surface area (Å²) in [7, 11) is 1.81. The summed E-state index contributed by atoms with van der Waals surface area (Å²) in [6.45, 7) is 10.1. The molecule has 130 valence electrons. The first kappa shape index (κ1) is 18.2. The van der Waals surface area contributed by atoms with Crippen LogP contribution >= 0.6 is 11.3 Å². The van der Waals surface area contributed by atoms with Crippen molar-refractivity contribution in [2.45, 2.75) is 45.8 Å². The molecule has 1 fully saturated rings. The van der Waals surface area contributed by atoms with Crippen LogP contribution in [0, 0.1) is 0 Å². The average Bonchev–Trinajstić information content (AvgIpc) is 3.00. The van der Waals surface area contributed by atoms with Crippen LogP contribution in [0.25, 0.3) is 0 Å². The smallest absolute Gasteiger partial charge is 0.317 e. The second kappa shape index (κ2) is 8.61. The zero-order valence-electron chi connectivity index (χ0n) is 14.5. The Bertz CT molecular complexity index is 508. The van der Waals surface area contributed by atoms with Gasteiger partial charge in [0.05, 0.1) is 19.8 Å². The highest BCUT2D eigenvalue weighted by molar-refractivity contribution is 7.11. The van der Waals surface area contributed by atoms with Crippen LogP contribution in [0.5, 0.6) is 0 Å². The van der Waals surface area contributed by atoms with Crippen molar-refractivity contribution in [3.05, 3.63) is 16.1 Å². The Morgan fingerprint density at radius 2 is 2.43 bits per heavy atom. The van der Waals surface area contributed by atoms with E-state index in [2.05, 4.69) is 36.0 Å². The third-order valence-corrected chi connectivity index (χ3v) is 5.33. The molecule has 6 nitrogen and oxygen atoms in total. The first-order valence-electron chi connectivity index (χ1n) is 8.27. The van der Waals surface area contributed by atoms with Crippen LogP contribution in [0.1, 0.15) is 30.7 Å². The maximum Gasteiger partial charge on any atom is 0.317 e. The van der Waals surface area contributed by atoms with Crippen molar-refractivity contribution in [3.8, 4) is 0 Å². The summed E-state index contributed by atoms with van der Waals surface area (Å²) >= 11 is 1.67. The average molecular weight is 340 g/mol. The summed E-state index contributed by atoms with van der Waals surface area (Å²) in [5.74, 6) is 0. The number of rotatable bonds is 6. The molecule has 0 bridgehead atoms. The highest BCUT2D eigenvalue weighted by atomic mass is 32.1. The molecule has 1 aliphatic heterocycles. The number of morpholine rings is 1. The van der Waals surface area contributed by atoms with E-state index >= 15 is 0 Å². The molecule has 2 rings (SSSR count). The fraction of sp³-hybridized carbons (Fsp3) is 0.750. The zero-order valence-corrected chi connectivity index (χ0v) is 15.4. The minimum absolute atomic E-state index is 0.0500. The summed E-state index contributed by atoms with van der Waals surface area (Å²) in [6.07, 6.45) is 2.89. The summed E-state index contributed by atoms with van der Waals surface area (Å²) in [5.41, 5.74) is 0. The van der Waals surface area contributed by atoms with Gasteiger partial charge in [-0.15, -0.1) is 11.3 Å². The summed E-state index contributed by atoms with van der Waals surface area (Å²) < 4.78 is 5.46. The molecule has 1 N–H and O–H groups in total. The molecule has 0 aromatic carbocycles. The SMILES string of the molecule is CCc1cnc(CN(C)C(=O)NC[C@@H](C)N2CCOC[C@H]2C)s1. The molecule has 0 radical (unpaired) electrons. The van der Waals surface area contributed by atoms with E-state index in [1.54, 1.807) is 16.2 Å². The Morgan fingerprint density at radius 1 is 1.65 bits per heavy atom. The maximum absolute atomic E-state index is 12.2. The maximum atomic E-state index is 12.2. The second-order valence-corrected chi connectivity index (χ2v) is 7.33. The Labute approximate surface area is 142 Å². The highest BCUT2D eigenvalue weighted by Crippen LogP contribution is 2.15. The van der Waals surface area contributed by atoms with Gasteiger partial charge in [0, 0.05) is 43.3 Å². The molecule has 7 heteroatoms. The second-order valence-electron chi connectivity index (χ2n) is 6.13. The number of hydrogen-bond acceptors (Lipinski definition) is 5. The van der Waals surface area contributed by atoms with Crippen molar-refractivity contribution in [1.82, 2.24) is 20.1 Å². The third kappa shape index (κ3) is 5.16. The van der Waals surface area contributed by atoms with E-state index < -0.39 is 0 Å². The van der Waals surface area contributed by atoms with Crippen LogP contribution in [-0.4, -0.2) is 66.2 Å².